The average Bonchev–Trinajstić information content (AvgIpc) is 3.45. The molecule has 4 heteroatoms. The minimum absolute atomic E-state index is 0.197. The van der Waals surface area contributed by atoms with Gasteiger partial charge in [-0.25, -0.2) is 0 Å². The van der Waals surface area contributed by atoms with Gasteiger partial charge in [-0.3, -0.25) is 0 Å². The fourth-order valence-electron chi connectivity index (χ4n) is 5.16. The van der Waals surface area contributed by atoms with Crippen molar-refractivity contribution in [2.75, 3.05) is 0 Å². The van der Waals surface area contributed by atoms with Gasteiger partial charge in [-0.1, -0.05) is 131 Å². The summed E-state index contributed by atoms with van der Waals surface area (Å²) in [6, 6.07) is 25.6. The fourth-order valence-corrected chi connectivity index (χ4v) is 5.16. The lowest BCUT2D eigenvalue weighted by atomic mass is 9.87. The maximum atomic E-state index is 6.13. The van der Waals surface area contributed by atoms with Crippen LogP contribution in [-0.4, -0.2) is 10.1 Å². The Bertz CT molecular complexity index is 1230. The van der Waals surface area contributed by atoms with Gasteiger partial charge in [-0.05, 0) is 46.4 Å². The zero-order valence-corrected chi connectivity index (χ0v) is 23.2. The van der Waals surface area contributed by atoms with E-state index in [1.807, 2.05) is 12.1 Å². The minimum Gasteiger partial charge on any atom is -0.334 e. The van der Waals surface area contributed by atoms with Crippen LogP contribution in [0.25, 0.3) is 22.6 Å². The minimum atomic E-state index is 0.197. The average molecular weight is 510 g/mol. The van der Waals surface area contributed by atoms with Crippen LogP contribution in [0.1, 0.15) is 100 Å². The third kappa shape index (κ3) is 7.64. The van der Waals surface area contributed by atoms with E-state index in [1.165, 1.54) is 73.6 Å². The Hall–Kier alpha value is -3.24. The SMILES string of the molecule is CCCCCCCCCCCc1noc(-c2ccc(CN)c(C(C)c3ccc(-c4ccccc4)cc3)c2)n1. The molecule has 0 aliphatic rings. The molecule has 0 radical (unpaired) electrons. The predicted molar refractivity (Wildman–Crippen MR) is 158 cm³/mol. The van der Waals surface area contributed by atoms with Crippen LogP contribution in [0, 0.1) is 0 Å². The molecule has 0 spiro atoms. The number of aromatic nitrogens is 2. The Labute approximate surface area is 228 Å². The van der Waals surface area contributed by atoms with E-state index >= 15 is 0 Å². The third-order valence-corrected chi connectivity index (χ3v) is 7.57. The summed E-state index contributed by atoms with van der Waals surface area (Å²) in [5.74, 6) is 1.59. The standard InChI is InChI=1S/C34H43N3O/c1-3-4-5-6-7-8-9-10-14-17-33-36-34(38-37-33)30-22-23-31(25-35)32(24-30)26(2)27-18-20-29(21-19-27)28-15-12-11-13-16-28/h11-13,15-16,18-24,26H,3-10,14,17,25,35H2,1-2H3. The maximum absolute atomic E-state index is 6.13. The van der Waals surface area contributed by atoms with Crippen molar-refractivity contribution in [1.82, 2.24) is 10.1 Å². The van der Waals surface area contributed by atoms with Gasteiger partial charge in [-0.15, -0.1) is 0 Å². The van der Waals surface area contributed by atoms with Crippen molar-refractivity contribution >= 4 is 0 Å². The highest BCUT2D eigenvalue weighted by Gasteiger charge is 2.16. The predicted octanol–water partition coefficient (Wildman–Crippen LogP) is 9.09. The monoisotopic (exact) mass is 509 g/mol. The van der Waals surface area contributed by atoms with Crippen LogP contribution in [-0.2, 0) is 13.0 Å². The molecule has 4 rings (SSSR count). The Morgan fingerprint density at radius 3 is 2.05 bits per heavy atom. The van der Waals surface area contributed by atoms with Crippen molar-refractivity contribution in [1.29, 1.82) is 0 Å². The van der Waals surface area contributed by atoms with Crippen molar-refractivity contribution in [3.63, 3.8) is 0 Å². The molecule has 4 nitrogen and oxygen atoms in total. The Balaban J connectivity index is 1.37. The molecular formula is C34H43N3O. The van der Waals surface area contributed by atoms with Crippen LogP contribution in [0.2, 0.25) is 0 Å². The highest BCUT2D eigenvalue weighted by molar-refractivity contribution is 5.64. The van der Waals surface area contributed by atoms with Crippen molar-refractivity contribution in [2.24, 2.45) is 5.73 Å². The number of rotatable bonds is 15. The van der Waals surface area contributed by atoms with Crippen LogP contribution in [0.3, 0.4) is 0 Å². The van der Waals surface area contributed by atoms with E-state index in [4.69, 9.17) is 15.2 Å². The van der Waals surface area contributed by atoms with E-state index in [0.717, 1.165) is 29.8 Å². The number of nitrogens with zero attached hydrogens (tertiary/aromatic N) is 2. The summed E-state index contributed by atoms with van der Waals surface area (Å²) in [6.45, 7) is 5.00. The quantitative estimate of drug-likeness (QED) is 0.162. The first-order chi connectivity index (χ1) is 18.7. The highest BCUT2D eigenvalue weighted by Crippen LogP contribution is 2.32. The molecule has 4 aromatic rings. The summed E-state index contributed by atoms with van der Waals surface area (Å²) in [5.41, 5.74) is 13.1. The summed E-state index contributed by atoms with van der Waals surface area (Å²) in [7, 11) is 0. The number of hydrogen-bond donors (Lipinski definition) is 1. The molecule has 1 heterocycles. The highest BCUT2D eigenvalue weighted by atomic mass is 16.5. The first-order valence-corrected chi connectivity index (χ1v) is 14.5. The van der Waals surface area contributed by atoms with Gasteiger partial charge in [0.15, 0.2) is 5.82 Å². The zero-order valence-electron chi connectivity index (χ0n) is 23.2. The summed E-state index contributed by atoms with van der Waals surface area (Å²) in [4.78, 5) is 4.71. The van der Waals surface area contributed by atoms with Crippen LogP contribution < -0.4 is 5.73 Å². The normalized spacial score (nSPS) is 12.1. The van der Waals surface area contributed by atoms with Gasteiger partial charge in [0.1, 0.15) is 0 Å². The van der Waals surface area contributed by atoms with Crippen LogP contribution in [0.15, 0.2) is 77.3 Å². The second kappa shape index (κ2) is 14.6. The number of aryl methyl sites for hydroxylation is 1. The van der Waals surface area contributed by atoms with E-state index < -0.39 is 0 Å². The largest absolute Gasteiger partial charge is 0.334 e. The topological polar surface area (TPSA) is 64.9 Å². The van der Waals surface area contributed by atoms with Gasteiger partial charge in [0, 0.05) is 24.4 Å². The zero-order chi connectivity index (χ0) is 26.6. The molecule has 0 aliphatic heterocycles. The smallest absolute Gasteiger partial charge is 0.257 e. The van der Waals surface area contributed by atoms with E-state index in [1.54, 1.807) is 0 Å². The molecule has 1 atom stereocenters. The van der Waals surface area contributed by atoms with Gasteiger partial charge in [-0.2, -0.15) is 4.98 Å². The molecule has 2 N–H and O–H groups in total. The summed E-state index contributed by atoms with van der Waals surface area (Å²) in [6.07, 6.45) is 12.7. The molecule has 200 valence electrons. The second-order valence-electron chi connectivity index (χ2n) is 10.4. The van der Waals surface area contributed by atoms with Crippen molar-refractivity contribution in [3.05, 3.63) is 95.3 Å². The first kappa shape index (κ1) is 27.8. The molecule has 3 aromatic carbocycles. The summed E-state index contributed by atoms with van der Waals surface area (Å²) in [5, 5.41) is 4.26. The van der Waals surface area contributed by atoms with E-state index in [-0.39, 0.29) is 5.92 Å². The van der Waals surface area contributed by atoms with Gasteiger partial charge in [0.25, 0.3) is 5.89 Å². The lowest BCUT2D eigenvalue weighted by Gasteiger charge is -2.18. The molecule has 0 saturated heterocycles. The lowest BCUT2D eigenvalue weighted by molar-refractivity contribution is 0.420. The summed E-state index contributed by atoms with van der Waals surface area (Å²) < 4.78 is 5.67. The van der Waals surface area contributed by atoms with Crippen LogP contribution >= 0.6 is 0 Å². The second-order valence-corrected chi connectivity index (χ2v) is 10.4. The van der Waals surface area contributed by atoms with Crippen LogP contribution in [0.5, 0.6) is 0 Å². The molecule has 0 amide bonds. The number of unbranched alkanes of at least 4 members (excludes halogenated alkanes) is 8. The van der Waals surface area contributed by atoms with E-state index in [0.29, 0.717) is 12.4 Å². The molecule has 0 fully saturated rings. The van der Waals surface area contributed by atoms with Crippen LogP contribution in [0.4, 0.5) is 0 Å². The Morgan fingerprint density at radius 2 is 1.37 bits per heavy atom. The molecule has 0 bridgehead atoms. The van der Waals surface area contributed by atoms with Gasteiger partial charge in [0.05, 0.1) is 0 Å². The van der Waals surface area contributed by atoms with E-state index in [9.17, 15) is 0 Å². The fraction of sp³-hybridized carbons (Fsp3) is 0.412. The molecule has 38 heavy (non-hydrogen) atoms. The molecule has 1 unspecified atom stereocenters. The Morgan fingerprint density at radius 1 is 0.737 bits per heavy atom. The molecule has 0 saturated carbocycles. The van der Waals surface area contributed by atoms with Crippen molar-refractivity contribution in [3.8, 4) is 22.6 Å². The molecule has 0 aliphatic carbocycles. The first-order valence-electron chi connectivity index (χ1n) is 14.5. The van der Waals surface area contributed by atoms with Gasteiger partial charge >= 0.3 is 0 Å². The maximum Gasteiger partial charge on any atom is 0.257 e. The van der Waals surface area contributed by atoms with E-state index in [2.05, 4.69) is 79.7 Å². The van der Waals surface area contributed by atoms with Gasteiger partial charge < -0.3 is 10.3 Å². The number of nitrogens with two attached hydrogens (primary N) is 1. The number of hydrogen-bond acceptors (Lipinski definition) is 4. The lowest BCUT2D eigenvalue weighted by Crippen LogP contribution is -2.06. The Kier molecular flexibility index (Phi) is 10.7. The third-order valence-electron chi connectivity index (χ3n) is 7.57. The number of benzene rings is 3. The van der Waals surface area contributed by atoms with Crippen molar-refractivity contribution in [2.45, 2.75) is 90.5 Å². The summed E-state index contributed by atoms with van der Waals surface area (Å²) >= 11 is 0. The van der Waals surface area contributed by atoms with Crippen molar-refractivity contribution < 1.29 is 4.52 Å². The molecule has 1 aromatic heterocycles. The van der Waals surface area contributed by atoms with Gasteiger partial charge in [0.2, 0.25) is 0 Å². The molecular weight excluding hydrogens is 466 g/mol.